The largest absolute Gasteiger partial charge is 0.492 e. The van der Waals surface area contributed by atoms with Crippen molar-refractivity contribution in [2.45, 2.75) is 53.0 Å². The molecule has 120 valence electrons. The van der Waals surface area contributed by atoms with Gasteiger partial charge in [-0.05, 0) is 43.9 Å². The van der Waals surface area contributed by atoms with Gasteiger partial charge in [0.2, 0.25) is 0 Å². The van der Waals surface area contributed by atoms with Gasteiger partial charge in [0, 0.05) is 17.1 Å². The van der Waals surface area contributed by atoms with E-state index in [1.165, 1.54) is 0 Å². The zero-order chi connectivity index (χ0) is 15.8. The fourth-order valence-corrected chi connectivity index (χ4v) is 3.09. The maximum Gasteiger partial charge on any atom is 0.139 e. The van der Waals surface area contributed by atoms with Gasteiger partial charge < -0.3 is 10.1 Å². The van der Waals surface area contributed by atoms with E-state index >= 15 is 0 Å². The van der Waals surface area contributed by atoms with Crippen LogP contribution in [0, 0.1) is 5.92 Å². The number of ether oxygens (including phenoxy) is 1. The van der Waals surface area contributed by atoms with Crippen LogP contribution in [0.4, 0.5) is 0 Å². The second-order valence-corrected chi connectivity index (χ2v) is 6.25. The normalized spacial score (nSPS) is 14.0. The van der Waals surface area contributed by atoms with Gasteiger partial charge in [0.1, 0.15) is 5.75 Å². The van der Waals surface area contributed by atoms with Crippen molar-refractivity contribution in [2.24, 2.45) is 5.92 Å². The number of benzene rings is 1. The number of halogens is 2. The lowest BCUT2D eigenvalue weighted by Gasteiger charge is -2.27. The third kappa shape index (κ3) is 5.36. The van der Waals surface area contributed by atoms with Gasteiger partial charge in [-0.2, -0.15) is 0 Å². The van der Waals surface area contributed by atoms with Gasteiger partial charge in [-0.15, -0.1) is 0 Å². The van der Waals surface area contributed by atoms with E-state index in [2.05, 4.69) is 26.1 Å². The molecule has 0 radical (unpaired) electrons. The number of rotatable bonds is 9. The third-order valence-corrected chi connectivity index (χ3v) is 4.24. The topological polar surface area (TPSA) is 21.3 Å². The van der Waals surface area contributed by atoms with Crippen molar-refractivity contribution in [3.05, 3.63) is 27.7 Å². The van der Waals surface area contributed by atoms with E-state index in [9.17, 15) is 0 Å². The molecule has 0 fully saturated rings. The average Bonchev–Trinajstić information content (AvgIpc) is 2.44. The number of hydrogen-bond donors (Lipinski definition) is 1. The summed E-state index contributed by atoms with van der Waals surface area (Å²) in [6.45, 7) is 10.1. The van der Waals surface area contributed by atoms with Gasteiger partial charge in [-0.25, -0.2) is 0 Å². The monoisotopic (exact) mass is 331 g/mol. The summed E-state index contributed by atoms with van der Waals surface area (Å²) in [6.07, 6.45) is 3.41. The Labute approximate surface area is 139 Å². The first-order valence-corrected chi connectivity index (χ1v) is 8.65. The Kier molecular flexibility index (Phi) is 8.46. The van der Waals surface area contributed by atoms with Crippen molar-refractivity contribution in [1.29, 1.82) is 0 Å². The molecule has 0 saturated heterocycles. The molecule has 0 aromatic heterocycles. The lowest BCUT2D eigenvalue weighted by molar-refractivity contribution is 0.339. The molecular formula is C17H27Cl2NO. The van der Waals surface area contributed by atoms with Gasteiger partial charge in [-0.3, -0.25) is 0 Å². The summed E-state index contributed by atoms with van der Waals surface area (Å²) in [6, 6.07) is 4.02. The molecule has 0 bridgehead atoms. The molecule has 0 aliphatic carbocycles. The molecule has 0 aliphatic heterocycles. The highest BCUT2D eigenvalue weighted by Crippen LogP contribution is 2.37. The maximum atomic E-state index is 6.48. The summed E-state index contributed by atoms with van der Waals surface area (Å²) in [4.78, 5) is 0. The molecule has 1 rings (SSSR count). The van der Waals surface area contributed by atoms with Crippen LogP contribution in [-0.2, 0) is 0 Å². The summed E-state index contributed by atoms with van der Waals surface area (Å²) >= 11 is 12.8. The number of hydrogen-bond acceptors (Lipinski definition) is 2. The zero-order valence-corrected chi connectivity index (χ0v) is 15.0. The van der Waals surface area contributed by atoms with Crippen LogP contribution in [0.1, 0.15) is 58.6 Å². The smallest absolute Gasteiger partial charge is 0.139 e. The van der Waals surface area contributed by atoms with Crippen molar-refractivity contribution in [1.82, 2.24) is 5.32 Å². The van der Waals surface area contributed by atoms with Crippen LogP contribution >= 0.6 is 23.2 Å². The van der Waals surface area contributed by atoms with Crippen LogP contribution in [0.15, 0.2) is 12.1 Å². The minimum absolute atomic E-state index is 0.227. The Morgan fingerprint density at radius 2 is 1.81 bits per heavy atom. The molecule has 0 heterocycles. The molecular weight excluding hydrogens is 305 g/mol. The van der Waals surface area contributed by atoms with Crippen molar-refractivity contribution in [3.63, 3.8) is 0 Å². The standard InChI is InChI=1S/C17H27Cl2NO/c1-5-8-12(4)17(20-9-6-2)13-10-15(19)16(21-7-3)11-14(13)18/h10-12,17,20H,5-9H2,1-4H3. The van der Waals surface area contributed by atoms with Crippen LogP contribution in [0.25, 0.3) is 0 Å². The molecule has 0 aliphatic rings. The van der Waals surface area contributed by atoms with Crippen LogP contribution < -0.4 is 10.1 Å². The first kappa shape index (κ1) is 18.6. The molecule has 2 atom stereocenters. The lowest BCUT2D eigenvalue weighted by atomic mass is 9.90. The number of nitrogens with one attached hydrogen (secondary N) is 1. The molecule has 0 spiro atoms. The van der Waals surface area contributed by atoms with E-state index < -0.39 is 0 Å². The SMILES string of the molecule is CCCNC(c1cc(Cl)c(OCC)cc1Cl)C(C)CCC. The Bertz CT molecular complexity index is 437. The van der Waals surface area contributed by atoms with E-state index in [1.54, 1.807) is 0 Å². The summed E-state index contributed by atoms with van der Waals surface area (Å²) in [7, 11) is 0. The van der Waals surface area contributed by atoms with Crippen LogP contribution in [0.2, 0.25) is 10.0 Å². The van der Waals surface area contributed by atoms with E-state index in [-0.39, 0.29) is 6.04 Å². The predicted octanol–water partition coefficient (Wildman–Crippen LogP) is 5.87. The van der Waals surface area contributed by atoms with Gasteiger partial charge in [0.25, 0.3) is 0 Å². The van der Waals surface area contributed by atoms with Gasteiger partial charge in [-0.1, -0.05) is 50.4 Å². The Morgan fingerprint density at radius 3 is 2.38 bits per heavy atom. The van der Waals surface area contributed by atoms with Crippen molar-refractivity contribution < 1.29 is 4.74 Å². The molecule has 2 unspecified atom stereocenters. The molecule has 0 saturated carbocycles. The highest BCUT2D eigenvalue weighted by Gasteiger charge is 2.22. The van der Waals surface area contributed by atoms with E-state index in [0.717, 1.165) is 36.4 Å². The molecule has 1 aromatic rings. The Morgan fingerprint density at radius 1 is 1.10 bits per heavy atom. The van der Waals surface area contributed by atoms with E-state index in [0.29, 0.717) is 23.3 Å². The Balaban J connectivity index is 3.08. The van der Waals surface area contributed by atoms with Crippen LogP contribution in [0.3, 0.4) is 0 Å². The summed E-state index contributed by atoms with van der Waals surface area (Å²) in [5.41, 5.74) is 1.07. The fourth-order valence-electron chi connectivity index (χ4n) is 2.59. The molecule has 2 nitrogen and oxygen atoms in total. The predicted molar refractivity (Wildman–Crippen MR) is 92.7 cm³/mol. The summed E-state index contributed by atoms with van der Waals surface area (Å²) in [5.74, 6) is 1.17. The van der Waals surface area contributed by atoms with Gasteiger partial charge in [0.15, 0.2) is 0 Å². The minimum Gasteiger partial charge on any atom is -0.492 e. The second-order valence-electron chi connectivity index (χ2n) is 5.43. The maximum absolute atomic E-state index is 6.48. The highest BCUT2D eigenvalue weighted by molar-refractivity contribution is 6.34. The molecule has 21 heavy (non-hydrogen) atoms. The Hall–Kier alpha value is -0.440. The average molecular weight is 332 g/mol. The van der Waals surface area contributed by atoms with Crippen LogP contribution in [0.5, 0.6) is 5.75 Å². The molecule has 4 heteroatoms. The van der Waals surface area contributed by atoms with Crippen molar-refractivity contribution in [3.8, 4) is 5.75 Å². The fraction of sp³-hybridized carbons (Fsp3) is 0.647. The first-order chi connectivity index (χ1) is 10.0. The van der Waals surface area contributed by atoms with E-state index in [1.807, 2.05) is 19.1 Å². The zero-order valence-electron chi connectivity index (χ0n) is 13.5. The van der Waals surface area contributed by atoms with Gasteiger partial charge >= 0.3 is 0 Å². The highest BCUT2D eigenvalue weighted by atomic mass is 35.5. The van der Waals surface area contributed by atoms with Crippen LogP contribution in [-0.4, -0.2) is 13.2 Å². The lowest BCUT2D eigenvalue weighted by Crippen LogP contribution is -2.28. The first-order valence-electron chi connectivity index (χ1n) is 7.90. The quantitative estimate of drug-likeness (QED) is 0.611. The third-order valence-electron chi connectivity index (χ3n) is 3.61. The second kappa shape index (κ2) is 9.55. The molecule has 1 N–H and O–H groups in total. The molecule has 0 amide bonds. The van der Waals surface area contributed by atoms with Crippen molar-refractivity contribution >= 4 is 23.2 Å². The van der Waals surface area contributed by atoms with Gasteiger partial charge in [0.05, 0.1) is 11.6 Å². The van der Waals surface area contributed by atoms with Crippen molar-refractivity contribution in [2.75, 3.05) is 13.2 Å². The molecule has 1 aromatic carbocycles. The summed E-state index contributed by atoms with van der Waals surface area (Å²) in [5, 5.41) is 4.96. The minimum atomic E-state index is 0.227. The van der Waals surface area contributed by atoms with E-state index in [4.69, 9.17) is 27.9 Å². The summed E-state index contributed by atoms with van der Waals surface area (Å²) < 4.78 is 5.50.